The van der Waals surface area contributed by atoms with E-state index in [9.17, 15) is 4.39 Å². The Morgan fingerprint density at radius 2 is 1.90 bits per heavy atom. The lowest BCUT2D eigenvalue weighted by Gasteiger charge is -2.35. The smallest absolute Gasteiger partial charge is 0.0912 e. The molecule has 1 aliphatic heterocycles. The van der Waals surface area contributed by atoms with Gasteiger partial charge in [-0.05, 0) is 29.9 Å². The van der Waals surface area contributed by atoms with Gasteiger partial charge in [-0.2, -0.15) is 0 Å². The number of nitrogens with one attached hydrogen (secondary N) is 1. The van der Waals surface area contributed by atoms with Crippen molar-refractivity contribution in [1.82, 2.24) is 10.2 Å². The van der Waals surface area contributed by atoms with Crippen LogP contribution in [0.4, 0.5) is 4.39 Å². The molecular formula is C15H24ClFN2S. The zero-order valence-electron chi connectivity index (χ0n) is 12.0. The average Bonchev–Trinajstić information content (AvgIpc) is 2.47. The minimum absolute atomic E-state index is 0. The Morgan fingerprint density at radius 1 is 1.25 bits per heavy atom. The molecule has 2 rings (SSSR count). The molecule has 114 valence electrons. The lowest BCUT2D eigenvalue weighted by molar-refractivity contribution is 0.157. The third kappa shape index (κ3) is 4.92. The fourth-order valence-corrected chi connectivity index (χ4v) is 3.27. The normalized spacial score (nSPS) is 17.5. The van der Waals surface area contributed by atoms with E-state index in [0.29, 0.717) is 6.42 Å². The fourth-order valence-electron chi connectivity index (χ4n) is 2.61. The molecule has 2 nitrogen and oxygen atoms in total. The number of thioether (sulfide) groups is 1. The minimum atomic E-state index is -0.250. The lowest BCUT2D eigenvalue weighted by atomic mass is 10.0. The van der Waals surface area contributed by atoms with Crippen LogP contribution in [0.15, 0.2) is 29.2 Å². The summed E-state index contributed by atoms with van der Waals surface area (Å²) < 4.78 is 12.8. The van der Waals surface area contributed by atoms with E-state index in [0.717, 1.165) is 31.9 Å². The van der Waals surface area contributed by atoms with Crippen LogP contribution in [0.5, 0.6) is 0 Å². The summed E-state index contributed by atoms with van der Waals surface area (Å²) >= 11 is 1.85. The molecule has 1 fully saturated rings. The molecular weight excluding hydrogens is 295 g/mol. The molecule has 0 saturated carbocycles. The summed E-state index contributed by atoms with van der Waals surface area (Å²) in [7, 11) is 0. The first-order valence-corrected chi connectivity index (χ1v) is 8.07. The Morgan fingerprint density at radius 3 is 2.45 bits per heavy atom. The Balaban J connectivity index is 0.00000200. The summed E-state index contributed by atoms with van der Waals surface area (Å²) in [6, 6.07) is 8.89. The van der Waals surface area contributed by atoms with Gasteiger partial charge in [-0.25, -0.2) is 0 Å². The highest BCUT2D eigenvalue weighted by atomic mass is 35.5. The average molecular weight is 319 g/mol. The van der Waals surface area contributed by atoms with E-state index < -0.39 is 0 Å². The largest absolute Gasteiger partial charge is 0.314 e. The molecule has 1 aromatic rings. The summed E-state index contributed by atoms with van der Waals surface area (Å²) in [5, 5.41) is 3.35. The molecule has 0 aliphatic carbocycles. The van der Waals surface area contributed by atoms with Crippen LogP contribution in [-0.4, -0.2) is 43.5 Å². The van der Waals surface area contributed by atoms with Gasteiger partial charge in [0.15, 0.2) is 0 Å². The van der Waals surface area contributed by atoms with Gasteiger partial charge >= 0.3 is 0 Å². The van der Waals surface area contributed by atoms with E-state index in [-0.39, 0.29) is 25.1 Å². The number of alkyl halides is 1. The monoisotopic (exact) mass is 318 g/mol. The van der Waals surface area contributed by atoms with Crippen LogP contribution in [0.2, 0.25) is 0 Å². The molecule has 0 spiro atoms. The lowest BCUT2D eigenvalue weighted by Crippen LogP contribution is -2.45. The fraction of sp³-hybridized carbons (Fsp3) is 0.600. The van der Waals surface area contributed by atoms with Gasteiger partial charge in [0.25, 0.3) is 0 Å². The van der Waals surface area contributed by atoms with E-state index in [1.54, 1.807) is 0 Å². The zero-order chi connectivity index (χ0) is 13.5. The van der Waals surface area contributed by atoms with Gasteiger partial charge in [0.05, 0.1) is 6.67 Å². The van der Waals surface area contributed by atoms with Gasteiger partial charge in [-0.15, -0.1) is 24.2 Å². The first kappa shape index (κ1) is 17.8. The quantitative estimate of drug-likeness (QED) is 0.808. The highest BCUT2D eigenvalue weighted by Gasteiger charge is 2.21. The van der Waals surface area contributed by atoms with Crippen LogP contribution in [0.1, 0.15) is 24.9 Å². The summed E-state index contributed by atoms with van der Waals surface area (Å²) in [4.78, 5) is 3.70. The first-order valence-electron chi connectivity index (χ1n) is 7.08. The molecule has 1 heterocycles. The summed E-state index contributed by atoms with van der Waals surface area (Å²) in [5.41, 5.74) is 1.25. The van der Waals surface area contributed by atoms with Crippen LogP contribution in [0.3, 0.4) is 0 Å². The van der Waals surface area contributed by atoms with E-state index in [1.165, 1.54) is 10.5 Å². The molecule has 1 aliphatic rings. The van der Waals surface area contributed by atoms with Crippen LogP contribution in [0.25, 0.3) is 0 Å². The van der Waals surface area contributed by atoms with Gasteiger partial charge < -0.3 is 5.32 Å². The van der Waals surface area contributed by atoms with Crippen LogP contribution < -0.4 is 5.32 Å². The van der Waals surface area contributed by atoms with Crippen molar-refractivity contribution in [2.75, 3.05) is 38.6 Å². The van der Waals surface area contributed by atoms with Crippen molar-refractivity contribution in [3.63, 3.8) is 0 Å². The number of piperazine rings is 1. The van der Waals surface area contributed by atoms with E-state index in [2.05, 4.69) is 41.4 Å². The number of hydrogen-bond donors (Lipinski definition) is 1. The zero-order valence-corrected chi connectivity index (χ0v) is 13.6. The van der Waals surface area contributed by atoms with Crippen LogP contribution in [-0.2, 0) is 0 Å². The highest BCUT2D eigenvalue weighted by Crippen LogP contribution is 2.27. The summed E-state index contributed by atoms with van der Waals surface area (Å²) in [5.74, 6) is 1.09. The standard InChI is InChI=1S/C15H23FN2S.ClH/c1-2-19-14-5-3-13(4-6-14)15(7-8-16)18-11-9-17-10-12-18;/h3-6,15,17H,2,7-12H2,1H3;1H/t15-;/m0./s1. The van der Waals surface area contributed by atoms with Crippen molar-refractivity contribution < 1.29 is 4.39 Å². The maximum absolute atomic E-state index is 12.8. The Kier molecular flexibility index (Phi) is 8.53. The second-order valence-corrected chi connectivity index (χ2v) is 6.12. The summed E-state index contributed by atoms with van der Waals surface area (Å²) in [6.45, 7) is 5.94. The van der Waals surface area contributed by atoms with Gasteiger partial charge in [-0.3, -0.25) is 9.29 Å². The van der Waals surface area contributed by atoms with Crippen molar-refractivity contribution in [2.45, 2.75) is 24.3 Å². The predicted octanol–water partition coefficient (Wildman–Crippen LogP) is 3.53. The minimum Gasteiger partial charge on any atom is -0.314 e. The molecule has 5 heteroatoms. The Bertz CT molecular complexity index is 369. The first-order chi connectivity index (χ1) is 9.35. The number of hydrogen-bond acceptors (Lipinski definition) is 3. The van der Waals surface area contributed by atoms with Gasteiger partial charge in [0, 0.05) is 37.1 Å². The van der Waals surface area contributed by atoms with E-state index >= 15 is 0 Å². The predicted molar refractivity (Wildman–Crippen MR) is 87.9 cm³/mol. The number of rotatable bonds is 6. The van der Waals surface area contributed by atoms with Crippen molar-refractivity contribution in [3.05, 3.63) is 29.8 Å². The second kappa shape index (κ2) is 9.61. The topological polar surface area (TPSA) is 15.3 Å². The Labute approximate surface area is 131 Å². The van der Waals surface area contributed by atoms with Gasteiger partial charge in [0.2, 0.25) is 0 Å². The van der Waals surface area contributed by atoms with Gasteiger partial charge in [-0.1, -0.05) is 19.1 Å². The molecule has 0 unspecified atom stereocenters. The van der Waals surface area contributed by atoms with Crippen LogP contribution in [0, 0.1) is 0 Å². The number of halogens is 2. The molecule has 1 atom stereocenters. The second-order valence-electron chi connectivity index (χ2n) is 4.78. The molecule has 1 N–H and O–H groups in total. The molecule has 0 aromatic heterocycles. The van der Waals surface area contributed by atoms with Crippen LogP contribution >= 0.6 is 24.2 Å². The third-order valence-corrected chi connectivity index (χ3v) is 4.44. The SMILES string of the molecule is CCSc1ccc([C@H](CCF)N2CCNCC2)cc1.Cl. The van der Waals surface area contributed by atoms with Crippen molar-refractivity contribution in [1.29, 1.82) is 0 Å². The summed E-state index contributed by atoms with van der Waals surface area (Å²) in [6.07, 6.45) is 0.597. The number of benzene rings is 1. The molecule has 20 heavy (non-hydrogen) atoms. The third-order valence-electron chi connectivity index (χ3n) is 3.55. The number of nitrogens with zero attached hydrogens (tertiary/aromatic N) is 1. The highest BCUT2D eigenvalue weighted by molar-refractivity contribution is 7.99. The molecule has 1 aromatic carbocycles. The Hall–Kier alpha value is -0.290. The maximum Gasteiger partial charge on any atom is 0.0912 e. The van der Waals surface area contributed by atoms with E-state index in [4.69, 9.17) is 0 Å². The maximum atomic E-state index is 12.8. The van der Waals surface area contributed by atoms with E-state index in [1.807, 2.05) is 11.8 Å². The van der Waals surface area contributed by atoms with Crippen molar-refractivity contribution >= 4 is 24.2 Å². The molecule has 0 bridgehead atoms. The van der Waals surface area contributed by atoms with Gasteiger partial charge in [0.1, 0.15) is 0 Å². The van der Waals surface area contributed by atoms with Crippen molar-refractivity contribution in [3.8, 4) is 0 Å². The molecule has 0 radical (unpaired) electrons. The van der Waals surface area contributed by atoms with Crippen molar-refractivity contribution in [2.24, 2.45) is 0 Å². The molecule has 1 saturated heterocycles. The molecule has 0 amide bonds.